The summed E-state index contributed by atoms with van der Waals surface area (Å²) >= 11 is 0. The van der Waals surface area contributed by atoms with Gasteiger partial charge < -0.3 is 14.9 Å². The third kappa shape index (κ3) is 1.13. The molecule has 5 heteroatoms. The lowest BCUT2D eigenvalue weighted by Gasteiger charge is -2.44. The van der Waals surface area contributed by atoms with E-state index in [-0.39, 0.29) is 17.6 Å². The standard InChI is InChI=1S/C10H15NO4/c12-8-7-5-6-1-2-10(7,15-6)3-4-11(8)9(13)14/h6-8,12H,1-5H2,(H,13,14)/t6-,7+,8?,10-/m0/s1. The lowest BCUT2D eigenvalue weighted by molar-refractivity contribution is -0.129. The monoisotopic (exact) mass is 213 g/mol. The number of hydrogen-bond donors (Lipinski definition) is 2. The zero-order chi connectivity index (χ0) is 10.6. The first kappa shape index (κ1) is 9.42. The average molecular weight is 213 g/mol. The molecule has 3 aliphatic rings. The number of amides is 1. The van der Waals surface area contributed by atoms with Gasteiger partial charge in [0.2, 0.25) is 0 Å². The minimum atomic E-state index is -1.03. The van der Waals surface area contributed by atoms with E-state index in [0.717, 1.165) is 30.6 Å². The van der Waals surface area contributed by atoms with Crippen molar-refractivity contribution in [2.24, 2.45) is 5.92 Å². The van der Waals surface area contributed by atoms with Crippen LogP contribution < -0.4 is 0 Å². The number of fused-ring (bicyclic) bond motifs is 1. The second-order valence-corrected chi connectivity index (χ2v) is 4.83. The van der Waals surface area contributed by atoms with Crippen molar-refractivity contribution in [2.45, 2.75) is 43.6 Å². The summed E-state index contributed by atoms with van der Waals surface area (Å²) in [6.07, 6.45) is 1.94. The van der Waals surface area contributed by atoms with E-state index in [9.17, 15) is 9.90 Å². The Morgan fingerprint density at radius 2 is 2.27 bits per heavy atom. The molecular formula is C10H15NO4. The molecule has 4 atom stereocenters. The predicted octanol–water partition coefficient (Wildman–Crippen LogP) is 0.626. The van der Waals surface area contributed by atoms with Crippen LogP contribution in [0.25, 0.3) is 0 Å². The predicted molar refractivity (Wildman–Crippen MR) is 50.3 cm³/mol. The van der Waals surface area contributed by atoms with Crippen LogP contribution in [0.1, 0.15) is 25.7 Å². The molecular weight excluding hydrogens is 198 g/mol. The summed E-state index contributed by atoms with van der Waals surface area (Å²) in [5.74, 6) is -0.0129. The topological polar surface area (TPSA) is 70.0 Å². The summed E-state index contributed by atoms with van der Waals surface area (Å²) in [5.41, 5.74) is -0.212. The van der Waals surface area contributed by atoms with Gasteiger partial charge in [-0.05, 0) is 25.7 Å². The first-order chi connectivity index (χ1) is 7.12. The molecule has 15 heavy (non-hydrogen) atoms. The fraction of sp³-hybridized carbons (Fsp3) is 0.900. The normalized spacial score (nSPS) is 48.1. The van der Waals surface area contributed by atoms with Crippen LogP contribution in [-0.4, -0.2) is 45.7 Å². The fourth-order valence-corrected chi connectivity index (χ4v) is 3.42. The molecule has 2 N–H and O–H groups in total. The molecule has 1 unspecified atom stereocenters. The Balaban J connectivity index is 1.86. The quantitative estimate of drug-likeness (QED) is 0.619. The highest BCUT2D eigenvalue weighted by Crippen LogP contribution is 2.53. The first-order valence-electron chi connectivity index (χ1n) is 5.48. The van der Waals surface area contributed by atoms with Gasteiger partial charge in [-0.1, -0.05) is 0 Å². The van der Waals surface area contributed by atoms with Gasteiger partial charge in [-0.3, -0.25) is 4.90 Å². The maximum atomic E-state index is 10.9. The van der Waals surface area contributed by atoms with E-state index in [0.29, 0.717) is 6.54 Å². The third-order valence-electron chi connectivity index (χ3n) is 4.18. The van der Waals surface area contributed by atoms with Gasteiger partial charge in [0.05, 0.1) is 11.7 Å². The molecule has 1 amide bonds. The van der Waals surface area contributed by atoms with Gasteiger partial charge in [0.1, 0.15) is 6.23 Å². The van der Waals surface area contributed by atoms with Gasteiger partial charge in [-0.25, -0.2) is 4.79 Å². The van der Waals surface area contributed by atoms with Crippen molar-refractivity contribution in [3.8, 4) is 0 Å². The summed E-state index contributed by atoms with van der Waals surface area (Å²) in [7, 11) is 0. The van der Waals surface area contributed by atoms with Crippen molar-refractivity contribution in [3.63, 3.8) is 0 Å². The van der Waals surface area contributed by atoms with Gasteiger partial charge in [-0.15, -0.1) is 0 Å². The molecule has 0 aromatic carbocycles. The number of carbonyl (C=O) groups is 1. The largest absolute Gasteiger partial charge is 0.465 e. The van der Waals surface area contributed by atoms with Crippen molar-refractivity contribution in [2.75, 3.05) is 6.54 Å². The SMILES string of the molecule is O=C(O)N1CC[C@@]23CC[C@@H](C[C@@H]2C1O)O3. The number of ether oxygens (including phenoxy) is 1. The highest BCUT2D eigenvalue weighted by atomic mass is 16.5. The average Bonchev–Trinajstić information content (AvgIpc) is 2.74. The van der Waals surface area contributed by atoms with Crippen LogP contribution in [0.4, 0.5) is 4.79 Å². The first-order valence-corrected chi connectivity index (χ1v) is 5.48. The minimum absolute atomic E-state index is 0.0129. The molecule has 0 aromatic heterocycles. The summed E-state index contributed by atoms with van der Waals surface area (Å²) in [4.78, 5) is 12.0. The van der Waals surface area contributed by atoms with E-state index in [1.807, 2.05) is 0 Å². The number of carboxylic acid groups (broad SMARTS) is 1. The molecule has 2 bridgehead atoms. The number of piperidine rings is 1. The number of nitrogens with zero attached hydrogens (tertiary/aromatic N) is 1. The molecule has 0 radical (unpaired) electrons. The van der Waals surface area contributed by atoms with Gasteiger partial charge in [0.15, 0.2) is 0 Å². The Hall–Kier alpha value is -0.810. The number of hydrogen-bond acceptors (Lipinski definition) is 3. The Labute approximate surface area is 87.6 Å². The lowest BCUT2D eigenvalue weighted by atomic mass is 9.73. The van der Waals surface area contributed by atoms with Crippen LogP contribution >= 0.6 is 0 Å². The van der Waals surface area contributed by atoms with Crippen LogP contribution in [-0.2, 0) is 4.74 Å². The molecule has 3 heterocycles. The van der Waals surface area contributed by atoms with Crippen LogP contribution in [0.5, 0.6) is 0 Å². The van der Waals surface area contributed by atoms with Crippen LogP contribution in [0.2, 0.25) is 0 Å². The second-order valence-electron chi connectivity index (χ2n) is 4.83. The van der Waals surface area contributed by atoms with E-state index >= 15 is 0 Å². The molecule has 0 aliphatic carbocycles. The van der Waals surface area contributed by atoms with E-state index in [1.165, 1.54) is 0 Å². The van der Waals surface area contributed by atoms with Crippen molar-refractivity contribution >= 4 is 6.09 Å². The van der Waals surface area contributed by atoms with Crippen LogP contribution in [0, 0.1) is 5.92 Å². The molecule has 3 rings (SSSR count). The van der Waals surface area contributed by atoms with Crippen molar-refractivity contribution in [1.82, 2.24) is 4.90 Å². The number of likely N-dealkylation sites (tertiary alicyclic amines) is 1. The van der Waals surface area contributed by atoms with Gasteiger partial charge in [-0.2, -0.15) is 0 Å². The van der Waals surface area contributed by atoms with Gasteiger partial charge >= 0.3 is 6.09 Å². The Kier molecular flexibility index (Phi) is 1.79. The van der Waals surface area contributed by atoms with E-state index < -0.39 is 12.3 Å². The second kappa shape index (κ2) is 2.86. The summed E-state index contributed by atoms with van der Waals surface area (Å²) in [6, 6.07) is 0. The fourth-order valence-electron chi connectivity index (χ4n) is 3.42. The third-order valence-corrected chi connectivity index (χ3v) is 4.18. The van der Waals surface area contributed by atoms with Gasteiger partial charge in [0.25, 0.3) is 0 Å². The maximum absolute atomic E-state index is 10.9. The molecule has 3 aliphatic heterocycles. The molecule has 84 valence electrons. The zero-order valence-electron chi connectivity index (χ0n) is 8.43. The van der Waals surface area contributed by atoms with Crippen molar-refractivity contribution < 1.29 is 19.7 Å². The zero-order valence-corrected chi connectivity index (χ0v) is 8.43. The highest BCUT2D eigenvalue weighted by Gasteiger charge is 2.59. The molecule has 0 aromatic rings. The molecule has 0 saturated carbocycles. The number of aliphatic hydroxyl groups excluding tert-OH is 1. The Morgan fingerprint density at radius 3 is 2.93 bits per heavy atom. The van der Waals surface area contributed by atoms with Crippen molar-refractivity contribution in [1.29, 1.82) is 0 Å². The molecule has 3 fully saturated rings. The summed E-state index contributed by atoms with van der Waals surface area (Å²) in [5, 5.41) is 18.9. The number of rotatable bonds is 0. The van der Waals surface area contributed by atoms with Crippen LogP contribution in [0.3, 0.4) is 0 Å². The molecule has 3 saturated heterocycles. The minimum Gasteiger partial charge on any atom is -0.465 e. The number of aliphatic hydroxyl groups is 1. The van der Waals surface area contributed by atoms with E-state index in [4.69, 9.17) is 9.84 Å². The molecule has 1 spiro atoms. The van der Waals surface area contributed by atoms with E-state index in [1.54, 1.807) is 0 Å². The summed E-state index contributed by atoms with van der Waals surface area (Å²) < 4.78 is 5.88. The van der Waals surface area contributed by atoms with Gasteiger partial charge in [0, 0.05) is 12.5 Å². The summed E-state index contributed by atoms with van der Waals surface area (Å²) in [6.45, 7) is 0.389. The van der Waals surface area contributed by atoms with E-state index in [2.05, 4.69) is 0 Å². The Morgan fingerprint density at radius 1 is 1.47 bits per heavy atom. The highest BCUT2D eigenvalue weighted by molar-refractivity contribution is 5.65. The van der Waals surface area contributed by atoms with Crippen LogP contribution in [0.15, 0.2) is 0 Å². The van der Waals surface area contributed by atoms with Crippen molar-refractivity contribution in [3.05, 3.63) is 0 Å². The Bertz CT molecular complexity index is 308. The lowest BCUT2D eigenvalue weighted by Crippen LogP contribution is -2.57. The molecule has 5 nitrogen and oxygen atoms in total. The smallest absolute Gasteiger partial charge is 0.409 e. The maximum Gasteiger partial charge on any atom is 0.409 e.